The summed E-state index contributed by atoms with van der Waals surface area (Å²) in [5.41, 5.74) is 0.559. The zero-order chi connectivity index (χ0) is 11.4. The van der Waals surface area contributed by atoms with Crippen molar-refractivity contribution in [2.24, 2.45) is 0 Å². The van der Waals surface area contributed by atoms with Crippen LogP contribution < -0.4 is 5.32 Å². The van der Waals surface area contributed by atoms with Crippen LogP contribution in [0.5, 0.6) is 0 Å². The molecule has 0 aliphatic carbocycles. The number of alkyl halides is 2. The van der Waals surface area contributed by atoms with Crippen LogP contribution in [0.3, 0.4) is 0 Å². The van der Waals surface area contributed by atoms with Crippen molar-refractivity contribution >= 4 is 58.0 Å². The number of rotatable bonds is 3. The molecule has 82 valence electrons. The van der Waals surface area contributed by atoms with E-state index in [0.29, 0.717) is 15.7 Å². The lowest BCUT2D eigenvalue weighted by Gasteiger charge is -2.06. The smallest absolute Gasteiger partial charge is 0.227 e. The maximum atomic E-state index is 11.3. The number of anilines is 1. The average molecular weight is 287 g/mol. The van der Waals surface area contributed by atoms with E-state index in [1.807, 2.05) is 0 Å². The minimum atomic E-state index is -0.715. The van der Waals surface area contributed by atoms with Gasteiger partial charge in [0.1, 0.15) is 4.84 Å². The second-order valence-corrected chi connectivity index (χ2v) is 4.86. The van der Waals surface area contributed by atoms with Crippen molar-refractivity contribution in [3.63, 3.8) is 0 Å². The fraction of sp³-hybridized carbons (Fsp3) is 0.222. The molecule has 0 spiro atoms. The zero-order valence-electron chi connectivity index (χ0n) is 7.44. The first-order valence-electron chi connectivity index (χ1n) is 4.02. The molecular formula is C9H7Cl4NO. The standard InChI is InChI=1S/C9H7Cl4NO/c10-6-2-1-5(3-7(6)11)14-9(15)4-8(12)13/h1-3,8H,4H2,(H,14,15). The van der Waals surface area contributed by atoms with Crippen LogP contribution >= 0.6 is 46.4 Å². The van der Waals surface area contributed by atoms with Crippen LogP contribution in [0.25, 0.3) is 0 Å². The molecule has 1 amide bonds. The van der Waals surface area contributed by atoms with Gasteiger partial charge in [-0.3, -0.25) is 4.79 Å². The Morgan fingerprint density at radius 2 is 1.93 bits per heavy atom. The van der Waals surface area contributed by atoms with Crippen LogP contribution in [0.4, 0.5) is 5.69 Å². The molecule has 0 unspecified atom stereocenters. The van der Waals surface area contributed by atoms with E-state index in [2.05, 4.69) is 5.32 Å². The van der Waals surface area contributed by atoms with Crippen LogP contribution in [-0.4, -0.2) is 10.7 Å². The molecule has 0 aliphatic rings. The summed E-state index contributed by atoms with van der Waals surface area (Å²) < 4.78 is 0. The lowest BCUT2D eigenvalue weighted by Crippen LogP contribution is -2.13. The summed E-state index contributed by atoms with van der Waals surface area (Å²) in [5, 5.41) is 3.40. The van der Waals surface area contributed by atoms with Gasteiger partial charge in [0.05, 0.1) is 16.5 Å². The summed E-state index contributed by atoms with van der Waals surface area (Å²) in [7, 11) is 0. The van der Waals surface area contributed by atoms with E-state index in [1.54, 1.807) is 18.2 Å². The highest BCUT2D eigenvalue weighted by molar-refractivity contribution is 6.45. The number of halogens is 4. The first kappa shape index (κ1) is 12.9. The van der Waals surface area contributed by atoms with E-state index in [-0.39, 0.29) is 12.3 Å². The lowest BCUT2D eigenvalue weighted by atomic mass is 10.3. The number of benzene rings is 1. The molecule has 1 aromatic carbocycles. The summed E-state index contributed by atoms with van der Waals surface area (Å²) in [6, 6.07) is 4.79. The van der Waals surface area contributed by atoms with Crippen LogP contribution in [0.15, 0.2) is 18.2 Å². The maximum Gasteiger partial charge on any atom is 0.227 e. The lowest BCUT2D eigenvalue weighted by molar-refractivity contribution is -0.115. The molecule has 2 nitrogen and oxygen atoms in total. The molecule has 0 fully saturated rings. The first-order chi connectivity index (χ1) is 6.99. The zero-order valence-corrected chi connectivity index (χ0v) is 10.5. The van der Waals surface area contributed by atoms with Gasteiger partial charge in [-0.15, -0.1) is 23.2 Å². The van der Waals surface area contributed by atoms with Gasteiger partial charge in [0.25, 0.3) is 0 Å². The van der Waals surface area contributed by atoms with Crippen molar-refractivity contribution in [1.29, 1.82) is 0 Å². The van der Waals surface area contributed by atoms with E-state index in [4.69, 9.17) is 46.4 Å². The Balaban J connectivity index is 2.65. The van der Waals surface area contributed by atoms with Crippen LogP contribution in [0.1, 0.15) is 6.42 Å². The van der Waals surface area contributed by atoms with Crippen molar-refractivity contribution in [3.8, 4) is 0 Å². The molecule has 6 heteroatoms. The van der Waals surface area contributed by atoms with Crippen molar-refractivity contribution in [2.75, 3.05) is 5.32 Å². The fourth-order valence-electron chi connectivity index (χ4n) is 0.926. The third-order valence-electron chi connectivity index (χ3n) is 1.54. The van der Waals surface area contributed by atoms with Gasteiger partial charge >= 0.3 is 0 Å². The summed E-state index contributed by atoms with van der Waals surface area (Å²) >= 11 is 22.4. The molecule has 0 bridgehead atoms. The number of amides is 1. The van der Waals surface area contributed by atoms with Gasteiger partial charge in [0.15, 0.2) is 0 Å². The highest BCUT2D eigenvalue weighted by Crippen LogP contribution is 2.25. The second kappa shape index (κ2) is 5.80. The minimum absolute atomic E-state index is 0.0311. The Morgan fingerprint density at radius 1 is 1.27 bits per heavy atom. The third-order valence-corrected chi connectivity index (χ3v) is 2.59. The second-order valence-electron chi connectivity index (χ2n) is 2.77. The Labute approximate surface area is 107 Å². The SMILES string of the molecule is O=C(CC(Cl)Cl)Nc1ccc(Cl)c(Cl)c1. The highest BCUT2D eigenvalue weighted by Gasteiger charge is 2.08. The predicted octanol–water partition coefficient (Wildman–Crippen LogP) is 4.13. The Bertz CT molecular complexity index is 367. The average Bonchev–Trinajstić information content (AvgIpc) is 2.10. The van der Waals surface area contributed by atoms with Crippen molar-refractivity contribution in [1.82, 2.24) is 0 Å². The number of carbonyl (C=O) groups is 1. The van der Waals surface area contributed by atoms with E-state index in [9.17, 15) is 4.79 Å². The van der Waals surface area contributed by atoms with E-state index < -0.39 is 4.84 Å². The quantitative estimate of drug-likeness (QED) is 0.832. The normalized spacial score (nSPS) is 10.5. The van der Waals surface area contributed by atoms with Gasteiger partial charge in [0, 0.05) is 5.69 Å². The maximum absolute atomic E-state index is 11.3. The minimum Gasteiger partial charge on any atom is -0.326 e. The van der Waals surface area contributed by atoms with E-state index in [1.165, 1.54) is 0 Å². The van der Waals surface area contributed by atoms with Crippen molar-refractivity contribution < 1.29 is 4.79 Å². The third kappa shape index (κ3) is 4.47. The van der Waals surface area contributed by atoms with Crippen LogP contribution in [0.2, 0.25) is 10.0 Å². The molecule has 15 heavy (non-hydrogen) atoms. The van der Waals surface area contributed by atoms with Crippen molar-refractivity contribution in [3.05, 3.63) is 28.2 Å². The molecule has 1 aromatic rings. The number of hydrogen-bond acceptors (Lipinski definition) is 1. The summed E-state index contributed by atoms with van der Waals surface area (Å²) in [6.07, 6.45) is 0.0311. The van der Waals surface area contributed by atoms with Crippen LogP contribution in [-0.2, 0) is 4.79 Å². The Kier molecular flexibility index (Phi) is 5.00. The largest absolute Gasteiger partial charge is 0.326 e. The van der Waals surface area contributed by atoms with E-state index in [0.717, 1.165) is 0 Å². The fourth-order valence-corrected chi connectivity index (χ4v) is 1.50. The highest BCUT2D eigenvalue weighted by atomic mass is 35.5. The molecule has 0 heterocycles. The van der Waals surface area contributed by atoms with Crippen LogP contribution in [0, 0.1) is 0 Å². The van der Waals surface area contributed by atoms with Gasteiger partial charge in [-0.05, 0) is 18.2 Å². The number of carbonyl (C=O) groups excluding carboxylic acids is 1. The van der Waals surface area contributed by atoms with Gasteiger partial charge < -0.3 is 5.32 Å². The van der Waals surface area contributed by atoms with Gasteiger partial charge in [-0.25, -0.2) is 0 Å². The van der Waals surface area contributed by atoms with Gasteiger partial charge in [0.2, 0.25) is 5.91 Å². The molecule has 1 rings (SSSR count). The summed E-state index contributed by atoms with van der Waals surface area (Å²) in [4.78, 5) is 10.5. The molecule has 0 saturated carbocycles. The monoisotopic (exact) mass is 285 g/mol. The number of hydrogen-bond donors (Lipinski definition) is 1. The molecule has 1 N–H and O–H groups in total. The molecule has 0 radical (unpaired) electrons. The van der Waals surface area contributed by atoms with Gasteiger partial charge in [-0.2, -0.15) is 0 Å². The number of nitrogens with one attached hydrogen (secondary N) is 1. The van der Waals surface area contributed by atoms with Gasteiger partial charge in [-0.1, -0.05) is 23.2 Å². The molecular weight excluding hydrogens is 280 g/mol. The van der Waals surface area contributed by atoms with Crippen molar-refractivity contribution in [2.45, 2.75) is 11.3 Å². The summed E-state index contributed by atoms with van der Waals surface area (Å²) in [5.74, 6) is -0.275. The molecule has 0 aromatic heterocycles. The Hall–Kier alpha value is -0.150. The summed E-state index contributed by atoms with van der Waals surface area (Å²) in [6.45, 7) is 0. The molecule has 0 aliphatic heterocycles. The Morgan fingerprint density at radius 3 is 2.47 bits per heavy atom. The molecule has 0 saturated heterocycles. The first-order valence-corrected chi connectivity index (χ1v) is 5.65. The predicted molar refractivity (Wildman–Crippen MR) is 65.2 cm³/mol. The topological polar surface area (TPSA) is 29.1 Å². The van der Waals surface area contributed by atoms with E-state index >= 15 is 0 Å². The molecule has 0 atom stereocenters.